The minimum absolute atomic E-state index is 0.0324. The summed E-state index contributed by atoms with van der Waals surface area (Å²) in [5.41, 5.74) is -1.76. The van der Waals surface area contributed by atoms with Gasteiger partial charge in [0.05, 0.1) is 12.0 Å². The molecular formula is C26H33NO6. The molecule has 1 aromatic heterocycles. The first-order valence-corrected chi connectivity index (χ1v) is 11.7. The van der Waals surface area contributed by atoms with Crippen LogP contribution in [0.5, 0.6) is 0 Å². The molecular weight excluding hydrogens is 422 g/mol. The molecule has 2 fully saturated rings. The molecule has 4 aliphatic carbocycles. The van der Waals surface area contributed by atoms with E-state index in [4.69, 9.17) is 4.74 Å². The molecule has 2 saturated carbocycles. The van der Waals surface area contributed by atoms with Crippen molar-refractivity contribution in [3.8, 4) is 0 Å². The Morgan fingerprint density at radius 2 is 2.00 bits per heavy atom. The third-order valence-corrected chi connectivity index (χ3v) is 9.17. The first-order chi connectivity index (χ1) is 15.4. The van der Waals surface area contributed by atoms with Gasteiger partial charge in [-0.15, -0.1) is 0 Å². The van der Waals surface area contributed by atoms with E-state index in [9.17, 15) is 24.9 Å². The van der Waals surface area contributed by atoms with Crippen LogP contribution in [0.2, 0.25) is 0 Å². The lowest BCUT2D eigenvalue weighted by Gasteiger charge is -2.48. The van der Waals surface area contributed by atoms with E-state index < -0.39 is 41.7 Å². The summed E-state index contributed by atoms with van der Waals surface area (Å²) in [4.78, 5) is 30.1. The highest BCUT2D eigenvalue weighted by atomic mass is 16.6. The van der Waals surface area contributed by atoms with Crippen molar-refractivity contribution in [3.63, 3.8) is 0 Å². The summed E-state index contributed by atoms with van der Waals surface area (Å²) in [5.74, 6) is -1.26. The standard InChI is InChI=1S/C26H33NO6/c1-12-6-18(27-10-12)23(31)33-22-13(2)9-25-14(3)7-17-19(24(17,4)5)16(21(25)30)8-15(11-28)20(29)26(22,25)32/h6,8-10,14,16-17,19-20,22,27-29,32H,7,11H2,1-5H3/t14?,16-,17+,19-,20+,22-,25?,26-/m0/s1. The van der Waals surface area contributed by atoms with Crippen molar-refractivity contribution in [2.24, 2.45) is 34.5 Å². The second-order valence-corrected chi connectivity index (χ2v) is 11.2. The van der Waals surface area contributed by atoms with Crippen molar-refractivity contribution in [3.05, 3.63) is 46.8 Å². The van der Waals surface area contributed by atoms with Crippen molar-refractivity contribution < 1.29 is 29.6 Å². The number of aromatic amines is 1. The van der Waals surface area contributed by atoms with E-state index >= 15 is 0 Å². The molecule has 1 spiro atoms. The maximum atomic E-state index is 14.3. The number of aliphatic hydroxyl groups is 3. The molecule has 0 aliphatic heterocycles. The second-order valence-electron chi connectivity index (χ2n) is 11.2. The summed E-state index contributed by atoms with van der Waals surface area (Å²) >= 11 is 0. The number of aliphatic hydroxyl groups excluding tert-OH is 2. The van der Waals surface area contributed by atoms with Crippen LogP contribution < -0.4 is 0 Å². The van der Waals surface area contributed by atoms with Gasteiger partial charge in [-0.3, -0.25) is 4.79 Å². The zero-order chi connectivity index (χ0) is 24.1. The summed E-state index contributed by atoms with van der Waals surface area (Å²) in [6.45, 7) is 9.31. The Bertz CT molecular complexity index is 1100. The van der Waals surface area contributed by atoms with E-state index in [2.05, 4.69) is 18.8 Å². The third kappa shape index (κ3) is 2.67. The van der Waals surface area contributed by atoms with Gasteiger partial charge in [0.25, 0.3) is 0 Å². The Kier molecular flexibility index (Phi) is 4.72. The van der Waals surface area contributed by atoms with Crippen molar-refractivity contribution in [2.45, 2.75) is 58.8 Å². The zero-order valence-corrected chi connectivity index (χ0v) is 19.8. The molecule has 178 valence electrons. The molecule has 4 N–H and O–H groups in total. The molecule has 1 aromatic rings. The highest BCUT2D eigenvalue weighted by Gasteiger charge is 2.76. The smallest absolute Gasteiger partial charge is 0.355 e. The predicted octanol–water partition coefficient (Wildman–Crippen LogP) is 2.32. The van der Waals surface area contributed by atoms with Gasteiger partial charge < -0.3 is 25.0 Å². The Balaban J connectivity index is 1.65. The predicted molar refractivity (Wildman–Crippen MR) is 120 cm³/mol. The average molecular weight is 456 g/mol. The highest BCUT2D eigenvalue weighted by Crippen LogP contribution is 2.71. The van der Waals surface area contributed by atoms with Crippen molar-refractivity contribution >= 4 is 11.8 Å². The van der Waals surface area contributed by atoms with Gasteiger partial charge in [0.2, 0.25) is 0 Å². The topological polar surface area (TPSA) is 120 Å². The maximum Gasteiger partial charge on any atom is 0.355 e. The van der Waals surface area contributed by atoms with Gasteiger partial charge in [0, 0.05) is 12.1 Å². The van der Waals surface area contributed by atoms with Crippen LogP contribution in [0.25, 0.3) is 0 Å². The first kappa shape index (κ1) is 22.6. The van der Waals surface area contributed by atoms with E-state index in [1.54, 1.807) is 31.3 Å². The van der Waals surface area contributed by atoms with Crippen LogP contribution in [0, 0.1) is 41.4 Å². The fourth-order valence-electron chi connectivity index (χ4n) is 7.38. The molecule has 7 nitrogen and oxygen atoms in total. The van der Waals surface area contributed by atoms with Crippen molar-refractivity contribution in [1.82, 2.24) is 4.98 Å². The number of Topliss-reactive ketones (excluding diaryl/α,β-unsaturated/α-hetero) is 1. The molecule has 33 heavy (non-hydrogen) atoms. The number of allylic oxidation sites excluding steroid dienone is 1. The maximum absolute atomic E-state index is 14.3. The lowest BCUT2D eigenvalue weighted by molar-refractivity contribution is -0.190. The van der Waals surface area contributed by atoms with E-state index in [0.29, 0.717) is 11.5 Å². The molecule has 4 aliphatic rings. The molecule has 1 heterocycles. The fourth-order valence-corrected chi connectivity index (χ4v) is 7.38. The number of esters is 1. The Morgan fingerprint density at radius 1 is 1.30 bits per heavy atom. The molecule has 0 aromatic carbocycles. The van der Waals surface area contributed by atoms with Gasteiger partial charge in [-0.25, -0.2) is 4.79 Å². The van der Waals surface area contributed by atoms with E-state index in [1.807, 2.05) is 13.8 Å². The first-order valence-electron chi connectivity index (χ1n) is 11.7. The van der Waals surface area contributed by atoms with Crippen LogP contribution in [0.15, 0.2) is 35.6 Å². The molecule has 0 radical (unpaired) electrons. The number of rotatable bonds is 3. The minimum Gasteiger partial charge on any atom is -0.450 e. The number of H-pyrrole nitrogens is 1. The number of aromatic nitrogens is 1. The van der Waals surface area contributed by atoms with Gasteiger partial charge in [-0.2, -0.15) is 0 Å². The lowest BCUT2D eigenvalue weighted by atomic mass is 9.59. The number of hydrogen-bond acceptors (Lipinski definition) is 6. The van der Waals surface area contributed by atoms with E-state index in [-0.39, 0.29) is 34.3 Å². The second kappa shape index (κ2) is 6.90. The molecule has 7 heteroatoms. The Labute approximate surface area is 193 Å². The van der Waals surface area contributed by atoms with Crippen LogP contribution in [-0.2, 0) is 9.53 Å². The lowest BCUT2D eigenvalue weighted by Crippen LogP contribution is -2.65. The van der Waals surface area contributed by atoms with E-state index in [1.165, 1.54) is 0 Å². The van der Waals surface area contributed by atoms with Crippen molar-refractivity contribution in [2.75, 3.05) is 6.61 Å². The van der Waals surface area contributed by atoms with Crippen molar-refractivity contribution in [1.29, 1.82) is 0 Å². The van der Waals surface area contributed by atoms with Gasteiger partial charge >= 0.3 is 5.97 Å². The molecule has 2 bridgehead atoms. The summed E-state index contributed by atoms with van der Waals surface area (Å²) < 4.78 is 5.81. The number of ketones is 1. The summed E-state index contributed by atoms with van der Waals surface area (Å²) in [7, 11) is 0. The average Bonchev–Trinajstić information content (AvgIpc) is 3.02. The number of carbonyl (C=O) groups is 2. The Hall–Kier alpha value is -2.22. The number of carbonyl (C=O) groups excluding carboxylic acids is 2. The van der Waals surface area contributed by atoms with Crippen LogP contribution in [0.1, 0.15) is 50.2 Å². The normalized spacial score (nSPS) is 43.0. The SMILES string of the molecule is CC1=CC23C(=O)[C@@H](C=C(CO)[C@@H](O)[C@]2(O)[C@H]1OC(=O)c1cc(C)c[nH]1)[C@H]1[C@@H](CC3C)C1(C)C. The quantitative estimate of drug-likeness (QED) is 0.410. The minimum atomic E-state index is -2.12. The summed E-state index contributed by atoms with van der Waals surface area (Å²) in [6.07, 6.45) is 3.01. The summed E-state index contributed by atoms with van der Waals surface area (Å²) in [5, 5.41) is 33.9. The number of nitrogens with one attached hydrogen (secondary N) is 1. The van der Waals surface area contributed by atoms with Crippen LogP contribution in [0.4, 0.5) is 0 Å². The van der Waals surface area contributed by atoms with Gasteiger partial charge in [0.15, 0.2) is 17.5 Å². The number of fused-ring (bicyclic) bond motifs is 3. The third-order valence-electron chi connectivity index (χ3n) is 9.17. The van der Waals surface area contributed by atoms with Crippen LogP contribution in [0.3, 0.4) is 0 Å². The molecule has 5 rings (SSSR count). The largest absolute Gasteiger partial charge is 0.450 e. The summed E-state index contributed by atoms with van der Waals surface area (Å²) in [6, 6.07) is 1.64. The van der Waals surface area contributed by atoms with Crippen LogP contribution >= 0.6 is 0 Å². The van der Waals surface area contributed by atoms with Gasteiger partial charge in [-0.05, 0) is 66.2 Å². The number of ether oxygens (including phenoxy) is 1. The van der Waals surface area contributed by atoms with Crippen LogP contribution in [-0.4, -0.2) is 56.5 Å². The van der Waals surface area contributed by atoms with Gasteiger partial charge in [-0.1, -0.05) is 32.9 Å². The molecule has 2 unspecified atom stereocenters. The van der Waals surface area contributed by atoms with E-state index in [0.717, 1.165) is 12.0 Å². The van der Waals surface area contributed by atoms with Gasteiger partial charge in [0.1, 0.15) is 11.8 Å². The Morgan fingerprint density at radius 3 is 2.61 bits per heavy atom. The fraction of sp³-hybridized carbons (Fsp3) is 0.615. The molecule has 0 saturated heterocycles. The molecule has 8 atom stereocenters. The highest BCUT2D eigenvalue weighted by molar-refractivity contribution is 5.96. The molecule has 0 amide bonds. The number of aryl methyl sites for hydroxylation is 1. The number of hydrogen-bond donors (Lipinski definition) is 4. The monoisotopic (exact) mass is 455 g/mol. The zero-order valence-electron chi connectivity index (χ0n) is 19.8.